The number of aromatic hydroxyl groups is 1. The molecule has 5 aromatic rings. The highest BCUT2D eigenvalue weighted by atomic mass is 16.6. The van der Waals surface area contributed by atoms with Gasteiger partial charge in [-0.05, 0) is 43.2 Å². The Morgan fingerprint density at radius 1 is 1.05 bits per heavy atom. The molecule has 3 aromatic carbocycles. The van der Waals surface area contributed by atoms with E-state index in [1.54, 1.807) is 25.1 Å². The summed E-state index contributed by atoms with van der Waals surface area (Å²) in [5, 5.41) is 15.1. The molecular formula is C33H30N2O7. The number of aryl methyl sites for hydroxylation is 1. The van der Waals surface area contributed by atoms with Crippen molar-refractivity contribution in [3.05, 3.63) is 117 Å². The fourth-order valence-corrected chi connectivity index (χ4v) is 5.62. The number of nitrogens with one attached hydrogen (secondary N) is 2. The van der Waals surface area contributed by atoms with E-state index in [4.69, 9.17) is 18.6 Å². The molecular weight excluding hydrogens is 536 g/mol. The summed E-state index contributed by atoms with van der Waals surface area (Å²) in [5.41, 5.74) is 2.91. The molecule has 3 heterocycles. The molecule has 42 heavy (non-hydrogen) atoms. The SMILES string of the molecule is COc1ccccc1C(=O)NCCc1c(C(c2cccc3c2OCCO3)c2c(O)cc(C)oc2=O)[nH]c2ccccc12. The lowest BCUT2D eigenvalue weighted by Gasteiger charge is -2.26. The van der Waals surface area contributed by atoms with Gasteiger partial charge in [0, 0.05) is 34.8 Å². The Hall–Kier alpha value is -5.18. The zero-order valence-corrected chi connectivity index (χ0v) is 23.2. The molecule has 1 atom stereocenters. The predicted octanol–water partition coefficient (Wildman–Crippen LogP) is 5.07. The van der Waals surface area contributed by atoms with Crippen LogP contribution in [0.25, 0.3) is 10.9 Å². The average molecular weight is 567 g/mol. The van der Waals surface area contributed by atoms with Crippen molar-refractivity contribution in [3.63, 3.8) is 0 Å². The first kappa shape index (κ1) is 27.0. The highest BCUT2D eigenvalue weighted by Crippen LogP contribution is 2.45. The molecule has 9 nitrogen and oxygen atoms in total. The predicted molar refractivity (Wildman–Crippen MR) is 157 cm³/mol. The van der Waals surface area contributed by atoms with Crippen LogP contribution in [-0.4, -0.2) is 42.9 Å². The Morgan fingerprint density at radius 2 is 1.83 bits per heavy atom. The van der Waals surface area contributed by atoms with E-state index < -0.39 is 11.5 Å². The van der Waals surface area contributed by atoms with Crippen molar-refractivity contribution >= 4 is 16.8 Å². The van der Waals surface area contributed by atoms with Crippen LogP contribution >= 0.6 is 0 Å². The normalized spacial score (nSPS) is 13.1. The quantitative estimate of drug-likeness (QED) is 0.240. The molecule has 0 radical (unpaired) electrons. The minimum atomic E-state index is -0.786. The zero-order valence-electron chi connectivity index (χ0n) is 23.2. The van der Waals surface area contributed by atoms with Crippen LogP contribution in [0.5, 0.6) is 23.0 Å². The minimum Gasteiger partial charge on any atom is -0.507 e. The number of H-pyrrole nitrogens is 1. The van der Waals surface area contributed by atoms with E-state index in [0.29, 0.717) is 66.0 Å². The van der Waals surface area contributed by atoms with Crippen molar-refractivity contribution in [2.75, 3.05) is 26.9 Å². The summed E-state index contributed by atoms with van der Waals surface area (Å²) in [4.78, 5) is 29.9. The Kier molecular flexibility index (Phi) is 7.31. The monoisotopic (exact) mass is 566 g/mol. The summed E-state index contributed by atoms with van der Waals surface area (Å²) >= 11 is 0. The van der Waals surface area contributed by atoms with Crippen LogP contribution in [0.3, 0.4) is 0 Å². The number of hydrogen-bond acceptors (Lipinski definition) is 7. The van der Waals surface area contributed by atoms with Gasteiger partial charge in [0.05, 0.1) is 24.2 Å². The number of hydrogen-bond donors (Lipinski definition) is 3. The summed E-state index contributed by atoms with van der Waals surface area (Å²) in [7, 11) is 1.53. The number of carbonyl (C=O) groups excluding carboxylic acids is 1. The lowest BCUT2D eigenvalue weighted by Crippen LogP contribution is -2.26. The van der Waals surface area contributed by atoms with Gasteiger partial charge in [0.25, 0.3) is 5.91 Å². The van der Waals surface area contributed by atoms with E-state index in [1.807, 2.05) is 48.5 Å². The van der Waals surface area contributed by atoms with E-state index >= 15 is 0 Å². The first-order chi connectivity index (χ1) is 20.5. The van der Waals surface area contributed by atoms with Gasteiger partial charge < -0.3 is 34.0 Å². The van der Waals surface area contributed by atoms with Crippen LogP contribution < -0.4 is 25.2 Å². The summed E-state index contributed by atoms with van der Waals surface area (Å²) < 4.78 is 22.7. The van der Waals surface area contributed by atoms with Crippen molar-refractivity contribution in [2.45, 2.75) is 19.3 Å². The molecule has 2 aromatic heterocycles. The molecule has 9 heteroatoms. The second-order valence-corrected chi connectivity index (χ2v) is 10.0. The number of para-hydroxylation sites is 3. The number of methoxy groups -OCH3 is 1. The van der Waals surface area contributed by atoms with Crippen LogP contribution in [0.15, 0.2) is 82.0 Å². The fourth-order valence-electron chi connectivity index (χ4n) is 5.62. The van der Waals surface area contributed by atoms with Gasteiger partial charge in [0.1, 0.15) is 30.5 Å². The Labute approximate surface area is 241 Å². The molecule has 0 saturated carbocycles. The van der Waals surface area contributed by atoms with Crippen molar-refractivity contribution in [2.24, 2.45) is 0 Å². The highest BCUT2D eigenvalue weighted by Gasteiger charge is 2.33. The highest BCUT2D eigenvalue weighted by molar-refractivity contribution is 5.97. The molecule has 0 spiro atoms. The van der Waals surface area contributed by atoms with Gasteiger partial charge in [-0.2, -0.15) is 0 Å². The van der Waals surface area contributed by atoms with E-state index in [-0.39, 0.29) is 17.2 Å². The summed E-state index contributed by atoms with van der Waals surface area (Å²) in [6.07, 6.45) is 0.432. The molecule has 3 N–H and O–H groups in total. The van der Waals surface area contributed by atoms with Crippen molar-refractivity contribution in [3.8, 4) is 23.0 Å². The molecule has 6 rings (SSSR count). The molecule has 1 amide bonds. The smallest absolute Gasteiger partial charge is 0.343 e. The maximum Gasteiger partial charge on any atom is 0.343 e. The third kappa shape index (κ3) is 4.94. The van der Waals surface area contributed by atoms with Gasteiger partial charge in [-0.25, -0.2) is 4.79 Å². The second kappa shape index (κ2) is 11.4. The maximum absolute atomic E-state index is 13.4. The fraction of sp³-hybridized carbons (Fsp3) is 0.212. The summed E-state index contributed by atoms with van der Waals surface area (Å²) in [6, 6.07) is 21.8. The number of rotatable bonds is 8. The van der Waals surface area contributed by atoms with Crippen LogP contribution in [-0.2, 0) is 6.42 Å². The van der Waals surface area contributed by atoms with Crippen LogP contribution in [0.1, 0.15) is 44.4 Å². The Bertz CT molecular complexity index is 1840. The van der Waals surface area contributed by atoms with Crippen molar-refractivity contribution in [1.29, 1.82) is 0 Å². The van der Waals surface area contributed by atoms with E-state index in [2.05, 4.69) is 10.3 Å². The van der Waals surface area contributed by atoms with Gasteiger partial charge in [-0.1, -0.05) is 42.5 Å². The molecule has 1 unspecified atom stereocenters. The number of amides is 1. The molecule has 1 aliphatic rings. The lowest BCUT2D eigenvalue weighted by molar-refractivity contribution is 0.0951. The van der Waals surface area contributed by atoms with Crippen molar-refractivity contribution < 1.29 is 28.5 Å². The standard InChI is InChI=1S/C33H30N2O7/c1-19-18-25(36)29(33(38)42-19)28(23-10-7-13-27-31(23)41-17-16-40-27)30-21(20-8-3-5-11-24(20)35-30)14-15-34-32(37)22-9-4-6-12-26(22)39-2/h3-13,18,28,35-36H,14-17H2,1-2H3,(H,34,37). The van der Waals surface area contributed by atoms with Gasteiger partial charge >= 0.3 is 5.63 Å². The molecule has 0 fully saturated rings. The number of carbonyl (C=O) groups is 1. The van der Waals surface area contributed by atoms with Gasteiger partial charge in [-0.15, -0.1) is 0 Å². The minimum absolute atomic E-state index is 0.0778. The molecule has 214 valence electrons. The number of aromatic nitrogens is 1. The summed E-state index contributed by atoms with van der Waals surface area (Å²) in [6.45, 7) is 2.67. The first-order valence-corrected chi connectivity index (χ1v) is 13.7. The van der Waals surface area contributed by atoms with E-state index in [9.17, 15) is 14.7 Å². The average Bonchev–Trinajstić information content (AvgIpc) is 3.36. The number of aromatic amines is 1. The van der Waals surface area contributed by atoms with Crippen LogP contribution in [0, 0.1) is 6.92 Å². The van der Waals surface area contributed by atoms with E-state index in [1.165, 1.54) is 13.2 Å². The van der Waals surface area contributed by atoms with Gasteiger partial charge in [0.2, 0.25) is 0 Å². The van der Waals surface area contributed by atoms with Gasteiger partial charge in [0.15, 0.2) is 11.5 Å². The Morgan fingerprint density at radius 3 is 2.67 bits per heavy atom. The third-order valence-electron chi connectivity index (χ3n) is 7.43. The van der Waals surface area contributed by atoms with Crippen molar-refractivity contribution in [1.82, 2.24) is 10.3 Å². The maximum atomic E-state index is 13.4. The zero-order chi connectivity index (χ0) is 29.2. The van der Waals surface area contributed by atoms with E-state index in [0.717, 1.165) is 16.5 Å². The molecule has 1 aliphatic heterocycles. The number of fused-ring (bicyclic) bond motifs is 2. The third-order valence-corrected chi connectivity index (χ3v) is 7.43. The topological polar surface area (TPSA) is 123 Å². The largest absolute Gasteiger partial charge is 0.507 e. The van der Waals surface area contributed by atoms with Gasteiger partial charge in [-0.3, -0.25) is 4.79 Å². The molecule has 0 bridgehead atoms. The van der Waals surface area contributed by atoms with Crippen LogP contribution in [0.2, 0.25) is 0 Å². The number of benzene rings is 3. The summed E-state index contributed by atoms with van der Waals surface area (Å²) in [5.74, 6) is 0.614. The molecule has 0 saturated heterocycles. The molecule has 0 aliphatic carbocycles. The lowest BCUT2D eigenvalue weighted by atomic mass is 9.85. The first-order valence-electron chi connectivity index (χ1n) is 13.7. The number of ether oxygens (including phenoxy) is 3. The second-order valence-electron chi connectivity index (χ2n) is 10.0. The van der Waals surface area contributed by atoms with Crippen LogP contribution in [0.4, 0.5) is 0 Å². The Balaban J connectivity index is 1.47.